The van der Waals surface area contributed by atoms with Gasteiger partial charge in [0.15, 0.2) is 5.01 Å². The summed E-state index contributed by atoms with van der Waals surface area (Å²) in [5.74, 6) is 0. The van der Waals surface area contributed by atoms with Gasteiger partial charge in [-0.25, -0.2) is 0 Å². The van der Waals surface area contributed by atoms with Crippen molar-refractivity contribution in [3.8, 4) is 0 Å². The van der Waals surface area contributed by atoms with Crippen LogP contribution in [0.4, 0.5) is 0 Å². The van der Waals surface area contributed by atoms with E-state index in [0.717, 1.165) is 0 Å². The molecule has 0 bridgehead atoms. The van der Waals surface area contributed by atoms with Crippen LogP contribution in [-0.4, -0.2) is 27.9 Å². The highest BCUT2D eigenvalue weighted by Gasteiger charge is 2.13. The minimum atomic E-state index is -0.880. The Kier molecular flexibility index (Phi) is 5.19. The van der Waals surface area contributed by atoms with Crippen LogP contribution in [0.3, 0.4) is 0 Å². The van der Waals surface area contributed by atoms with E-state index in [1.165, 1.54) is 0 Å². The second kappa shape index (κ2) is 4.69. The maximum atomic E-state index is 8.67. The highest BCUT2D eigenvalue weighted by molar-refractivity contribution is 9.10. The van der Waals surface area contributed by atoms with Crippen molar-refractivity contribution in [2.24, 2.45) is 0 Å². The molecule has 2 N–H and O–H groups in total. The van der Waals surface area contributed by atoms with E-state index in [1.807, 2.05) is 0 Å². The molecular weight excluding hydrogens is 244 g/mol. The van der Waals surface area contributed by atoms with Gasteiger partial charge in [-0.2, -0.15) is 0 Å². The minimum absolute atomic E-state index is 0.318. The summed E-state index contributed by atoms with van der Waals surface area (Å²) in [5.41, 5.74) is 0. The van der Waals surface area contributed by atoms with E-state index in [4.69, 9.17) is 10.2 Å². The zero-order valence-electron chi connectivity index (χ0n) is 3.92. The van der Waals surface area contributed by atoms with Gasteiger partial charge in [-0.15, -0.1) is 0 Å². The van der Waals surface area contributed by atoms with Crippen LogP contribution < -0.4 is 0 Å². The molecule has 2 unspecified atom stereocenters. The third kappa shape index (κ3) is 2.99. The van der Waals surface area contributed by atoms with Gasteiger partial charge in [0.1, 0.15) is 22.4 Å². The second-order valence-electron chi connectivity index (χ2n) is 1.19. The van der Waals surface area contributed by atoms with E-state index in [9.17, 15) is 0 Å². The molecule has 5 heteroatoms. The van der Waals surface area contributed by atoms with Crippen molar-refractivity contribution in [1.82, 2.24) is 0 Å². The fourth-order valence-corrected chi connectivity index (χ4v) is 0.559. The molecule has 0 rings (SSSR count). The average molecular weight is 250 g/mol. The number of hydrogen-bond donors (Lipinski definition) is 2. The molecule has 50 valence electrons. The van der Waals surface area contributed by atoms with Crippen LogP contribution in [0.5, 0.6) is 0 Å². The zero-order chi connectivity index (χ0) is 6.57. The lowest BCUT2D eigenvalue weighted by Gasteiger charge is -2.09. The Hall–Kier alpha value is 0.840. The van der Waals surface area contributed by atoms with E-state index < -0.39 is 11.1 Å². The standard InChI is InChI=1S/C3H6Br2O3/c4-3(8-5)2(7)1-6/h2-3,6-7H,1H2. The summed E-state index contributed by atoms with van der Waals surface area (Å²) < 4.78 is 4.42. The highest BCUT2D eigenvalue weighted by atomic mass is 79.9. The largest absolute Gasteiger partial charge is 0.394 e. The van der Waals surface area contributed by atoms with Gasteiger partial charge in [-0.1, -0.05) is 15.9 Å². The van der Waals surface area contributed by atoms with Gasteiger partial charge < -0.3 is 10.2 Å². The van der Waals surface area contributed by atoms with E-state index in [2.05, 4.69) is 36.0 Å². The van der Waals surface area contributed by atoms with Crippen molar-refractivity contribution in [2.45, 2.75) is 11.1 Å². The van der Waals surface area contributed by atoms with Crippen molar-refractivity contribution in [3.63, 3.8) is 0 Å². The smallest absolute Gasteiger partial charge is 0.154 e. The van der Waals surface area contributed by atoms with Gasteiger partial charge in [-0.05, 0) is 0 Å². The van der Waals surface area contributed by atoms with E-state index in [1.54, 1.807) is 0 Å². The molecule has 2 atom stereocenters. The maximum absolute atomic E-state index is 8.67. The highest BCUT2D eigenvalue weighted by Crippen LogP contribution is 2.09. The first-order valence-electron chi connectivity index (χ1n) is 1.92. The summed E-state index contributed by atoms with van der Waals surface area (Å²) in [6, 6.07) is 0. The molecule has 0 amide bonds. The Balaban J connectivity index is 3.29. The molecule has 0 spiro atoms. The van der Waals surface area contributed by atoms with Crippen LogP contribution in [0, 0.1) is 0 Å². The Morgan fingerprint density at radius 2 is 2.12 bits per heavy atom. The van der Waals surface area contributed by atoms with Crippen LogP contribution in [0.15, 0.2) is 0 Å². The monoisotopic (exact) mass is 248 g/mol. The number of halogens is 2. The molecule has 8 heavy (non-hydrogen) atoms. The number of alkyl halides is 1. The lowest BCUT2D eigenvalue weighted by atomic mass is 10.4. The molecule has 0 radical (unpaired) electrons. The Morgan fingerprint density at radius 3 is 2.25 bits per heavy atom. The van der Waals surface area contributed by atoms with Crippen LogP contribution in [0.25, 0.3) is 0 Å². The number of aliphatic hydroxyl groups excluding tert-OH is 2. The molecule has 0 heterocycles. The van der Waals surface area contributed by atoms with Crippen LogP contribution >= 0.6 is 32.2 Å². The fraction of sp³-hybridized carbons (Fsp3) is 1.00. The lowest BCUT2D eigenvalue weighted by Crippen LogP contribution is -2.24. The molecule has 0 fully saturated rings. The Labute approximate surface area is 64.2 Å². The summed E-state index contributed by atoms with van der Waals surface area (Å²) in [6.45, 7) is -0.318. The topological polar surface area (TPSA) is 49.7 Å². The SMILES string of the molecule is OCC(O)C(Br)OBr. The predicted octanol–water partition coefficient (Wildman–Crippen LogP) is 0.387. The lowest BCUT2D eigenvalue weighted by molar-refractivity contribution is 0.0518. The molecule has 0 aliphatic carbocycles. The summed E-state index contributed by atoms with van der Waals surface area (Å²) >= 11 is 5.56. The van der Waals surface area contributed by atoms with Gasteiger partial charge >= 0.3 is 0 Å². The molecule has 0 aliphatic heterocycles. The molecule has 0 saturated carbocycles. The van der Waals surface area contributed by atoms with Gasteiger partial charge in [0.05, 0.1) is 6.61 Å². The van der Waals surface area contributed by atoms with E-state index >= 15 is 0 Å². The second-order valence-corrected chi connectivity index (χ2v) is 2.47. The summed E-state index contributed by atoms with van der Waals surface area (Å²) in [7, 11) is 0. The number of rotatable bonds is 3. The van der Waals surface area contributed by atoms with Crippen molar-refractivity contribution in [3.05, 3.63) is 0 Å². The van der Waals surface area contributed by atoms with Gasteiger partial charge in [0.2, 0.25) is 0 Å². The van der Waals surface area contributed by atoms with Crippen molar-refractivity contribution in [1.29, 1.82) is 0 Å². The summed E-state index contributed by atoms with van der Waals surface area (Å²) in [5, 5.41) is 16.4. The average Bonchev–Trinajstić information content (AvgIpc) is 1.84. The van der Waals surface area contributed by atoms with Crippen LogP contribution in [0.2, 0.25) is 0 Å². The van der Waals surface area contributed by atoms with Crippen molar-refractivity contribution in [2.75, 3.05) is 6.61 Å². The third-order valence-electron chi connectivity index (χ3n) is 0.575. The predicted molar refractivity (Wildman–Crippen MR) is 35.8 cm³/mol. The molecule has 0 aromatic carbocycles. The van der Waals surface area contributed by atoms with Crippen molar-refractivity contribution < 1.29 is 14.0 Å². The number of hydrogen-bond acceptors (Lipinski definition) is 3. The van der Waals surface area contributed by atoms with E-state index in [0.29, 0.717) is 0 Å². The normalized spacial score (nSPS) is 18.0. The molecule has 0 saturated heterocycles. The van der Waals surface area contributed by atoms with Gasteiger partial charge in [-0.3, -0.25) is 3.83 Å². The van der Waals surface area contributed by atoms with E-state index in [-0.39, 0.29) is 6.61 Å². The molecule has 0 aromatic heterocycles. The third-order valence-corrected chi connectivity index (χ3v) is 2.28. The first-order chi connectivity index (χ1) is 3.72. The molecular formula is C3H6Br2O3. The summed E-state index contributed by atoms with van der Waals surface area (Å²) in [6.07, 6.45) is -0.880. The van der Waals surface area contributed by atoms with Gasteiger partial charge in [0, 0.05) is 0 Å². The first kappa shape index (κ1) is 8.84. The van der Waals surface area contributed by atoms with Gasteiger partial charge in [0.25, 0.3) is 0 Å². The van der Waals surface area contributed by atoms with Crippen molar-refractivity contribution >= 4 is 32.2 Å². The molecule has 3 nitrogen and oxygen atoms in total. The van der Waals surface area contributed by atoms with Crippen LogP contribution in [-0.2, 0) is 3.83 Å². The summed E-state index contributed by atoms with van der Waals surface area (Å²) in [4.78, 5) is 0. The Bertz CT molecular complexity index is 52.5. The quantitative estimate of drug-likeness (QED) is 0.712. The zero-order valence-corrected chi connectivity index (χ0v) is 7.09. The van der Waals surface area contributed by atoms with Crippen LogP contribution in [0.1, 0.15) is 0 Å². The molecule has 0 aromatic rings. The molecule has 0 aliphatic rings. The Morgan fingerprint density at radius 1 is 1.62 bits per heavy atom. The fourth-order valence-electron chi connectivity index (χ4n) is 0.142. The number of aliphatic hydroxyl groups is 2. The minimum Gasteiger partial charge on any atom is -0.394 e. The first-order valence-corrected chi connectivity index (χ1v) is 3.49. The maximum Gasteiger partial charge on any atom is 0.154 e.